The second kappa shape index (κ2) is 10.7. The van der Waals surface area contributed by atoms with Gasteiger partial charge in [-0.1, -0.05) is 43.3 Å². The molecule has 6 heteroatoms. The molecule has 1 aromatic carbocycles. The predicted octanol–water partition coefficient (Wildman–Crippen LogP) is 3.98. The van der Waals surface area contributed by atoms with Crippen molar-refractivity contribution in [2.75, 3.05) is 6.54 Å². The molecule has 2 aromatic rings. The maximum atomic E-state index is 5.63. The summed E-state index contributed by atoms with van der Waals surface area (Å²) in [6.07, 6.45) is 0.240. The van der Waals surface area contributed by atoms with Gasteiger partial charge in [0.15, 0.2) is 11.7 Å². The van der Waals surface area contributed by atoms with Gasteiger partial charge in [0.25, 0.3) is 0 Å². The summed E-state index contributed by atoms with van der Waals surface area (Å²) in [5.41, 5.74) is 3.30. The second-order valence-electron chi connectivity index (χ2n) is 7.10. The SMILES string of the molecule is CCNC(=NCc1ccc(COC(C)C)cc1)NCc1cc(C(C)C)no1. The summed E-state index contributed by atoms with van der Waals surface area (Å²) in [6.45, 7) is 12.9. The van der Waals surface area contributed by atoms with E-state index in [0.29, 0.717) is 25.6 Å². The van der Waals surface area contributed by atoms with Gasteiger partial charge in [-0.2, -0.15) is 0 Å². The number of ether oxygens (including phenoxy) is 1. The van der Waals surface area contributed by atoms with Crippen molar-refractivity contribution in [3.05, 3.63) is 52.9 Å². The topological polar surface area (TPSA) is 71.7 Å². The summed E-state index contributed by atoms with van der Waals surface area (Å²) >= 11 is 0. The summed E-state index contributed by atoms with van der Waals surface area (Å²) < 4.78 is 11.0. The van der Waals surface area contributed by atoms with Gasteiger partial charge in [0.05, 0.1) is 31.5 Å². The van der Waals surface area contributed by atoms with Crippen LogP contribution in [0, 0.1) is 0 Å². The van der Waals surface area contributed by atoms with Crippen molar-refractivity contribution in [3.63, 3.8) is 0 Å². The van der Waals surface area contributed by atoms with E-state index in [4.69, 9.17) is 9.26 Å². The number of rotatable bonds is 9. The van der Waals surface area contributed by atoms with E-state index in [1.165, 1.54) is 5.56 Å². The molecule has 1 heterocycles. The van der Waals surface area contributed by atoms with Crippen LogP contribution in [0.1, 0.15) is 63.1 Å². The van der Waals surface area contributed by atoms with Crippen LogP contribution in [-0.4, -0.2) is 23.8 Å². The normalized spacial score (nSPS) is 12.0. The number of aliphatic imine (C=N–C) groups is 1. The van der Waals surface area contributed by atoms with Crippen molar-refractivity contribution < 1.29 is 9.26 Å². The highest BCUT2D eigenvalue weighted by molar-refractivity contribution is 5.79. The standard InChI is InChI=1S/C21H32N4O2/c1-6-22-21(24-13-19-11-20(15(2)3)25-27-19)23-12-17-7-9-18(10-8-17)14-26-16(4)5/h7-11,15-16H,6,12-14H2,1-5H3,(H2,22,23,24). The minimum absolute atomic E-state index is 0.240. The Morgan fingerprint density at radius 2 is 1.81 bits per heavy atom. The van der Waals surface area contributed by atoms with Gasteiger partial charge in [0.2, 0.25) is 0 Å². The van der Waals surface area contributed by atoms with Crippen LogP contribution in [-0.2, 0) is 24.4 Å². The van der Waals surface area contributed by atoms with E-state index >= 15 is 0 Å². The molecular formula is C21H32N4O2. The summed E-state index contributed by atoms with van der Waals surface area (Å²) in [4.78, 5) is 4.65. The summed E-state index contributed by atoms with van der Waals surface area (Å²) in [5, 5.41) is 10.6. The van der Waals surface area contributed by atoms with E-state index in [0.717, 1.165) is 29.5 Å². The van der Waals surface area contributed by atoms with Crippen LogP contribution in [0.15, 0.2) is 39.8 Å². The highest BCUT2D eigenvalue weighted by Gasteiger charge is 2.08. The number of guanidine groups is 1. The lowest BCUT2D eigenvalue weighted by Crippen LogP contribution is -2.36. The second-order valence-corrected chi connectivity index (χ2v) is 7.10. The van der Waals surface area contributed by atoms with Crippen LogP contribution in [0.5, 0.6) is 0 Å². The molecule has 0 aliphatic rings. The van der Waals surface area contributed by atoms with Crippen LogP contribution in [0.25, 0.3) is 0 Å². The number of benzene rings is 1. The lowest BCUT2D eigenvalue weighted by Gasteiger charge is -2.10. The third-order valence-electron chi connectivity index (χ3n) is 3.97. The molecule has 0 fully saturated rings. The van der Waals surface area contributed by atoms with E-state index in [1.54, 1.807) is 0 Å². The lowest BCUT2D eigenvalue weighted by atomic mass is 10.1. The van der Waals surface area contributed by atoms with Gasteiger partial charge >= 0.3 is 0 Å². The molecule has 0 aliphatic carbocycles. The highest BCUT2D eigenvalue weighted by Crippen LogP contribution is 2.13. The molecule has 0 saturated heterocycles. The molecule has 27 heavy (non-hydrogen) atoms. The van der Waals surface area contributed by atoms with Crippen LogP contribution >= 0.6 is 0 Å². The molecule has 0 saturated carbocycles. The minimum atomic E-state index is 0.240. The number of hydrogen-bond acceptors (Lipinski definition) is 4. The Balaban J connectivity index is 1.90. The van der Waals surface area contributed by atoms with Gasteiger partial charge in [-0.05, 0) is 37.8 Å². The molecule has 2 rings (SSSR count). The lowest BCUT2D eigenvalue weighted by molar-refractivity contribution is 0.0657. The molecule has 0 spiro atoms. The number of nitrogens with one attached hydrogen (secondary N) is 2. The molecule has 0 amide bonds. The Morgan fingerprint density at radius 1 is 1.11 bits per heavy atom. The van der Waals surface area contributed by atoms with Crippen molar-refractivity contribution in [2.24, 2.45) is 4.99 Å². The molecule has 148 valence electrons. The maximum Gasteiger partial charge on any atom is 0.191 e. The predicted molar refractivity (Wildman–Crippen MR) is 109 cm³/mol. The first-order chi connectivity index (χ1) is 13.0. The van der Waals surface area contributed by atoms with E-state index in [1.807, 2.05) is 26.8 Å². The molecule has 1 aromatic heterocycles. The van der Waals surface area contributed by atoms with Gasteiger partial charge in [0.1, 0.15) is 0 Å². The summed E-state index contributed by atoms with van der Waals surface area (Å²) in [6, 6.07) is 10.4. The average Bonchev–Trinajstić information content (AvgIpc) is 3.12. The van der Waals surface area contributed by atoms with E-state index in [9.17, 15) is 0 Å². The molecule has 0 atom stereocenters. The fraction of sp³-hybridized carbons (Fsp3) is 0.524. The molecule has 6 nitrogen and oxygen atoms in total. The molecular weight excluding hydrogens is 340 g/mol. The van der Waals surface area contributed by atoms with Crippen molar-refractivity contribution in [1.82, 2.24) is 15.8 Å². The Morgan fingerprint density at radius 3 is 2.41 bits per heavy atom. The van der Waals surface area contributed by atoms with Gasteiger partial charge in [-0.3, -0.25) is 0 Å². The molecule has 0 radical (unpaired) electrons. The first-order valence-electron chi connectivity index (χ1n) is 9.65. The van der Waals surface area contributed by atoms with Crippen molar-refractivity contribution in [3.8, 4) is 0 Å². The van der Waals surface area contributed by atoms with Crippen LogP contribution in [0.3, 0.4) is 0 Å². The van der Waals surface area contributed by atoms with Crippen LogP contribution in [0.4, 0.5) is 0 Å². The third-order valence-corrected chi connectivity index (χ3v) is 3.97. The Labute approximate surface area is 162 Å². The monoisotopic (exact) mass is 372 g/mol. The smallest absolute Gasteiger partial charge is 0.191 e. The molecule has 0 bridgehead atoms. The fourth-order valence-corrected chi connectivity index (χ4v) is 2.37. The molecule has 2 N–H and O–H groups in total. The summed E-state index contributed by atoms with van der Waals surface area (Å²) in [5.74, 6) is 1.92. The van der Waals surface area contributed by atoms with Crippen molar-refractivity contribution in [1.29, 1.82) is 0 Å². The molecule has 0 aliphatic heterocycles. The first kappa shape index (κ1) is 21.0. The van der Waals surface area contributed by atoms with E-state index < -0.39 is 0 Å². The van der Waals surface area contributed by atoms with Gasteiger partial charge in [-0.25, -0.2) is 4.99 Å². The van der Waals surface area contributed by atoms with Gasteiger partial charge in [-0.15, -0.1) is 0 Å². The van der Waals surface area contributed by atoms with Crippen LogP contribution in [0.2, 0.25) is 0 Å². The number of nitrogens with zero attached hydrogens (tertiary/aromatic N) is 2. The Kier molecular flexibility index (Phi) is 8.33. The third kappa shape index (κ3) is 7.43. The zero-order chi connectivity index (χ0) is 19.6. The fourth-order valence-electron chi connectivity index (χ4n) is 2.37. The van der Waals surface area contributed by atoms with E-state index in [-0.39, 0.29) is 6.10 Å². The quantitative estimate of drug-likeness (QED) is 0.515. The van der Waals surface area contributed by atoms with Gasteiger partial charge < -0.3 is 19.9 Å². The number of hydrogen-bond donors (Lipinski definition) is 2. The van der Waals surface area contributed by atoms with Crippen molar-refractivity contribution in [2.45, 2.75) is 66.3 Å². The average molecular weight is 373 g/mol. The largest absolute Gasteiger partial charge is 0.374 e. The highest BCUT2D eigenvalue weighted by atomic mass is 16.5. The van der Waals surface area contributed by atoms with Gasteiger partial charge in [0, 0.05) is 12.6 Å². The zero-order valence-corrected chi connectivity index (χ0v) is 17.1. The Hall–Kier alpha value is -2.34. The van der Waals surface area contributed by atoms with E-state index in [2.05, 4.69) is 58.9 Å². The molecule has 0 unspecified atom stereocenters. The van der Waals surface area contributed by atoms with Crippen molar-refractivity contribution >= 4 is 5.96 Å². The minimum Gasteiger partial charge on any atom is -0.374 e. The first-order valence-corrected chi connectivity index (χ1v) is 9.65. The van der Waals surface area contributed by atoms with Crippen LogP contribution < -0.4 is 10.6 Å². The summed E-state index contributed by atoms with van der Waals surface area (Å²) in [7, 11) is 0. The Bertz CT molecular complexity index is 705. The zero-order valence-electron chi connectivity index (χ0n) is 17.1. The maximum absolute atomic E-state index is 5.63. The number of aromatic nitrogens is 1.